The van der Waals surface area contributed by atoms with Crippen LogP contribution < -0.4 is 15.8 Å². The van der Waals surface area contributed by atoms with Crippen molar-refractivity contribution in [2.24, 2.45) is 10.7 Å². The minimum absolute atomic E-state index is 0.0236. The highest BCUT2D eigenvalue weighted by Crippen LogP contribution is 2.59. The van der Waals surface area contributed by atoms with Gasteiger partial charge in [0.15, 0.2) is 0 Å². The first kappa shape index (κ1) is 23.1. The summed E-state index contributed by atoms with van der Waals surface area (Å²) in [5.41, 5.74) is 4.78. The summed E-state index contributed by atoms with van der Waals surface area (Å²) >= 11 is 1.18. The number of pyridine rings is 1. The number of carbonyl (C=O) groups is 1. The van der Waals surface area contributed by atoms with Crippen LogP contribution in [0.3, 0.4) is 0 Å². The number of aliphatic imine (C=N–C) groups is 1. The van der Waals surface area contributed by atoms with Crippen molar-refractivity contribution >= 4 is 39.8 Å². The molecule has 10 nitrogen and oxygen atoms in total. The third-order valence-corrected chi connectivity index (χ3v) is 8.44. The molecule has 2 atom stereocenters. The van der Waals surface area contributed by atoms with Crippen LogP contribution in [0.4, 0.5) is 14.6 Å². The van der Waals surface area contributed by atoms with Gasteiger partial charge in [-0.1, -0.05) is 6.92 Å². The molecule has 1 aliphatic rings. The number of nitrogens with zero attached hydrogens (tertiary/aromatic N) is 4. The first-order valence-electron chi connectivity index (χ1n) is 9.03. The Labute approximate surface area is 182 Å². The Morgan fingerprint density at radius 3 is 2.77 bits per heavy atom. The van der Waals surface area contributed by atoms with E-state index < -0.39 is 34.1 Å². The summed E-state index contributed by atoms with van der Waals surface area (Å²) < 4.78 is 51.2. The standard InChI is InChI=1S/C17H22F2N6O4S2/c1-4-11-17(2,24-16(20)25(3)31(11,27)28)14-23-12(8-30-14)22-13(26)10-6-5-9(7-21-10)29-15(18)19/h5-8,11,15,27-28H,4H2,1-3H3,(H2,20,24)(H,22,26)/t11-,17-/m0/s1. The number of hydrogen-bond donors (Lipinski definition) is 4. The van der Waals surface area contributed by atoms with Crippen molar-refractivity contribution in [2.75, 3.05) is 12.4 Å². The minimum atomic E-state index is -3.25. The molecule has 3 heterocycles. The molecular weight excluding hydrogens is 454 g/mol. The van der Waals surface area contributed by atoms with E-state index in [0.29, 0.717) is 11.4 Å². The van der Waals surface area contributed by atoms with Crippen LogP contribution in [-0.4, -0.2) is 54.2 Å². The molecule has 2 aromatic heterocycles. The van der Waals surface area contributed by atoms with Crippen LogP contribution in [0.1, 0.15) is 35.8 Å². The number of rotatable bonds is 6. The molecule has 14 heteroatoms. The Kier molecular flexibility index (Phi) is 6.36. The smallest absolute Gasteiger partial charge is 0.387 e. The quantitative estimate of drug-likeness (QED) is 0.497. The number of ether oxygens (including phenoxy) is 1. The summed E-state index contributed by atoms with van der Waals surface area (Å²) in [6.45, 7) is 0.534. The second-order valence-corrected chi connectivity index (χ2v) is 9.92. The van der Waals surface area contributed by atoms with Crippen molar-refractivity contribution in [1.82, 2.24) is 14.3 Å². The van der Waals surface area contributed by atoms with Crippen LogP contribution in [0.5, 0.6) is 5.75 Å². The van der Waals surface area contributed by atoms with Crippen LogP contribution in [0.15, 0.2) is 28.7 Å². The van der Waals surface area contributed by atoms with Gasteiger partial charge in [0.1, 0.15) is 33.1 Å². The largest absolute Gasteiger partial charge is 0.433 e. The number of amides is 1. The summed E-state index contributed by atoms with van der Waals surface area (Å²) in [4.78, 5) is 25.1. The molecule has 0 radical (unpaired) electrons. The van der Waals surface area contributed by atoms with Crippen molar-refractivity contribution in [3.05, 3.63) is 34.4 Å². The number of carbonyl (C=O) groups excluding carboxylic acids is 1. The SMILES string of the molecule is CC[C@H]1[C@@](C)(c2nc(NC(=O)c3ccc(OC(F)F)cn3)cs2)N=C(N)N(C)S1(O)O. The van der Waals surface area contributed by atoms with Gasteiger partial charge < -0.3 is 15.8 Å². The average Bonchev–Trinajstić information content (AvgIpc) is 3.16. The second-order valence-electron chi connectivity index (χ2n) is 6.82. The first-order valence-corrected chi connectivity index (χ1v) is 11.5. The highest BCUT2D eigenvalue weighted by atomic mass is 32.3. The minimum Gasteiger partial charge on any atom is -0.433 e. The van der Waals surface area contributed by atoms with E-state index in [9.17, 15) is 22.7 Å². The number of aromatic nitrogens is 2. The molecule has 2 aromatic rings. The molecule has 0 fully saturated rings. The van der Waals surface area contributed by atoms with Crippen LogP contribution in [-0.2, 0) is 5.54 Å². The third kappa shape index (κ3) is 4.42. The zero-order valence-corrected chi connectivity index (χ0v) is 18.5. The van der Waals surface area contributed by atoms with E-state index >= 15 is 0 Å². The summed E-state index contributed by atoms with van der Waals surface area (Å²) in [5.74, 6) is -0.589. The summed E-state index contributed by atoms with van der Waals surface area (Å²) in [5, 5.41) is 3.92. The molecule has 1 aliphatic heterocycles. The zero-order valence-electron chi connectivity index (χ0n) is 16.8. The van der Waals surface area contributed by atoms with E-state index in [2.05, 4.69) is 25.0 Å². The fourth-order valence-electron chi connectivity index (χ4n) is 3.25. The van der Waals surface area contributed by atoms with Crippen LogP contribution in [0, 0.1) is 0 Å². The highest BCUT2D eigenvalue weighted by molar-refractivity contribution is 8.23. The molecule has 170 valence electrons. The predicted octanol–water partition coefficient (Wildman–Crippen LogP) is 3.31. The first-order chi connectivity index (χ1) is 14.5. The molecular formula is C17H22F2N6O4S2. The topological polar surface area (TPSA) is 146 Å². The molecule has 0 bridgehead atoms. The number of hydrogen-bond acceptors (Lipinski definition) is 10. The molecule has 0 spiro atoms. The lowest BCUT2D eigenvalue weighted by Crippen LogP contribution is -2.53. The number of alkyl halides is 2. The number of nitrogens with two attached hydrogens (primary N) is 1. The Morgan fingerprint density at radius 2 is 2.19 bits per heavy atom. The molecule has 5 N–H and O–H groups in total. The molecule has 0 aromatic carbocycles. The number of nitrogens with one attached hydrogen (secondary N) is 1. The predicted molar refractivity (Wildman–Crippen MR) is 115 cm³/mol. The molecule has 0 unspecified atom stereocenters. The summed E-state index contributed by atoms with van der Waals surface area (Å²) in [6, 6.07) is 2.44. The van der Waals surface area contributed by atoms with E-state index in [0.717, 1.165) is 6.20 Å². The maximum Gasteiger partial charge on any atom is 0.387 e. The lowest BCUT2D eigenvalue weighted by Gasteiger charge is -2.54. The third-order valence-electron chi connectivity index (χ3n) is 4.82. The second kappa shape index (κ2) is 8.53. The van der Waals surface area contributed by atoms with Gasteiger partial charge in [-0.2, -0.15) is 8.78 Å². The van der Waals surface area contributed by atoms with E-state index in [1.165, 1.54) is 34.8 Å². The van der Waals surface area contributed by atoms with Gasteiger partial charge in [0.25, 0.3) is 5.91 Å². The van der Waals surface area contributed by atoms with Gasteiger partial charge in [-0.25, -0.2) is 19.3 Å². The number of thiazole rings is 1. The number of anilines is 1. The van der Waals surface area contributed by atoms with Gasteiger partial charge in [0, 0.05) is 12.4 Å². The molecule has 0 saturated heterocycles. The molecule has 1 amide bonds. The Morgan fingerprint density at radius 1 is 1.48 bits per heavy atom. The molecule has 3 rings (SSSR count). The van der Waals surface area contributed by atoms with Crippen LogP contribution in [0.25, 0.3) is 0 Å². The summed E-state index contributed by atoms with van der Waals surface area (Å²) in [7, 11) is -1.78. The number of halogens is 2. The average molecular weight is 477 g/mol. The van der Waals surface area contributed by atoms with Crippen molar-refractivity contribution < 1.29 is 27.4 Å². The van der Waals surface area contributed by atoms with Crippen molar-refractivity contribution in [2.45, 2.75) is 37.7 Å². The maximum atomic E-state index is 12.4. The van der Waals surface area contributed by atoms with Crippen LogP contribution >= 0.6 is 22.1 Å². The van der Waals surface area contributed by atoms with Gasteiger partial charge >= 0.3 is 6.61 Å². The Bertz CT molecular complexity index is 987. The maximum absolute atomic E-state index is 12.4. The summed E-state index contributed by atoms with van der Waals surface area (Å²) in [6.07, 6.45) is 1.42. The lowest BCUT2D eigenvalue weighted by molar-refractivity contribution is -0.0500. The van der Waals surface area contributed by atoms with Crippen molar-refractivity contribution in [3.63, 3.8) is 0 Å². The Hall–Kier alpha value is -2.55. The number of guanidine groups is 1. The highest BCUT2D eigenvalue weighted by Gasteiger charge is 2.50. The lowest BCUT2D eigenvalue weighted by atomic mass is 9.97. The van der Waals surface area contributed by atoms with Gasteiger partial charge in [0.2, 0.25) is 5.96 Å². The van der Waals surface area contributed by atoms with Gasteiger partial charge in [-0.15, -0.1) is 22.1 Å². The Balaban J connectivity index is 1.81. The van der Waals surface area contributed by atoms with E-state index in [4.69, 9.17) is 5.73 Å². The van der Waals surface area contributed by atoms with E-state index in [-0.39, 0.29) is 23.2 Å². The van der Waals surface area contributed by atoms with Crippen LogP contribution in [0.2, 0.25) is 0 Å². The van der Waals surface area contributed by atoms with Crippen molar-refractivity contribution in [3.8, 4) is 5.75 Å². The molecule has 0 aliphatic carbocycles. The fourth-order valence-corrected chi connectivity index (χ4v) is 6.17. The van der Waals surface area contributed by atoms with Gasteiger partial charge in [0.05, 0.1) is 6.20 Å². The van der Waals surface area contributed by atoms with Gasteiger partial charge in [-0.05, 0) is 25.5 Å². The normalized spacial score (nSPS) is 23.9. The van der Waals surface area contributed by atoms with E-state index in [1.54, 1.807) is 12.3 Å². The van der Waals surface area contributed by atoms with Crippen molar-refractivity contribution in [1.29, 1.82) is 0 Å². The molecule has 31 heavy (non-hydrogen) atoms. The molecule has 0 saturated carbocycles. The monoisotopic (exact) mass is 476 g/mol. The zero-order chi connectivity index (χ0) is 23.0. The van der Waals surface area contributed by atoms with Gasteiger partial charge in [-0.3, -0.25) is 13.9 Å². The fraction of sp³-hybridized carbons (Fsp3) is 0.412. The van der Waals surface area contributed by atoms with E-state index in [1.807, 2.05) is 6.92 Å².